The number of aliphatic hydroxyl groups excluding tert-OH is 1. The van der Waals surface area contributed by atoms with Crippen molar-refractivity contribution in [3.05, 3.63) is 71.4 Å². The van der Waals surface area contributed by atoms with E-state index in [1.165, 1.54) is 11.1 Å². The van der Waals surface area contributed by atoms with Crippen molar-refractivity contribution >= 4 is 0 Å². The molecule has 1 aromatic heterocycles. The Bertz CT molecular complexity index is 1020. The summed E-state index contributed by atoms with van der Waals surface area (Å²) in [5.74, 6) is 0.927. The van der Waals surface area contributed by atoms with Gasteiger partial charge in [0.1, 0.15) is 5.75 Å². The minimum atomic E-state index is 0.207. The maximum absolute atomic E-state index is 9.71. The van der Waals surface area contributed by atoms with Crippen molar-refractivity contribution in [2.75, 3.05) is 33.4 Å². The number of aromatic nitrogens is 2. The molecule has 0 bridgehead atoms. The summed E-state index contributed by atoms with van der Waals surface area (Å²) in [6, 6.07) is 17.1. The molecule has 1 aliphatic rings. The normalized spacial score (nSPS) is 17.6. The Kier molecular flexibility index (Phi) is 7.25. The first-order valence-corrected chi connectivity index (χ1v) is 11.4. The Morgan fingerprint density at radius 2 is 1.91 bits per heavy atom. The first-order chi connectivity index (χ1) is 15.6. The summed E-state index contributed by atoms with van der Waals surface area (Å²) in [6.07, 6.45) is 2.92. The highest BCUT2D eigenvalue weighted by Gasteiger charge is 2.27. The third-order valence-corrected chi connectivity index (χ3v) is 6.34. The number of benzene rings is 2. The monoisotopic (exact) mass is 434 g/mol. The van der Waals surface area contributed by atoms with Crippen LogP contribution in [-0.2, 0) is 20.1 Å². The van der Waals surface area contributed by atoms with Crippen LogP contribution < -0.4 is 4.74 Å². The Labute approximate surface area is 191 Å². The Balaban J connectivity index is 1.45. The second kappa shape index (κ2) is 10.3. The third kappa shape index (κ3) is 5.21. The fourth-order valence-electron chi connectivity index (χ4n) is 4.74. The number of aryl methyl sites for hydroxylation is 2. The molecule has 2 heterocycles. The molecule has 0 aliphatic carbocycles. The highest BCUT2D eigenvalue weighted by Crippen LogP contribution is 2.26. The molecule has 3 aromatic rings. The molecular weight excluding hydrogens is 400 g/mol. The largest absolute Gasteiger partial charge is 0.496 e. The van der Waals surface area contributed by atoms with Crippen LogP contribution in [0.25, 0.3) is 11.3 Å². The molecule has 1 atom stereocenters. The molecule has 0 radical (unpaired) electrons. The molecule has 170 valence electrons. The van der Waals surface area contributed by atoms with E-state index in [1.807, 2.05) is 17.8 Å². The number of nitrogens with zero attached hydrogens (tertiary/aromatic N) is 4. The first-order valence-electron chi connectivity index (χ1n) is 11.4. The van der Waals surface area contributed by atoms with Crippen LogP contribution >= 0.6 is 0 Å². The van der Waals surface area contributed by atoms with Crippen LogP contribution in [0, 0.1) is 6.92 Å². The van der Waals surface area contributed by atoms with Gasteiger partial charge in [0, 0.05) is 69.7 Å². The average molecular weight is 435 g/mol. The highest BCUT2D eigenvalue weighted by atomic mass is 16.5. The molecule has 4 rings (SSSR count). The maximum atomic E-state index is 9.71. The van der Waals surface area contributed by atoms with Crippen molar-refractivity contribution < 1.29 is 9.84 Å². The van der Waals surface area contributed by atoms with Gasteiger partial charge < -0.3 is 9.84 Å². The lowest BCUT2D eigenvalue weighted by Crippen LogP contribution is -2.52. The fraction of sp³-hybridized carbons (Fsp3) is 0.423. The Hall–Kier alpha value is -2.67. The molecule has 6 nitrogen and oxygen atoms in total. The van der Waals surface area contributed by atoms with Gasteiger partial charge in [0.05, 0.1) is 12.8 Å². The zero-order chi connectivity index (χ0) is 22.5. The van der Waals surface area contributed by atoms with Crippen molar-refractivity contribution in [2.45, 2.75) is 32.5 Å². The number of aliphatic hydroxyl groups is 1. The molecule has 32 heavy (non-hydrogen) atoms. The maximum Gasteiger partial charge on any atom is 0.121 e. The van der Waals surface area contributed by atoms with Crippen LogP contribution in [0.5, 0.6) is 5.75 Å². The van der Waals surface area contributed by atoms with Crippen molar-refractivity contribution in [1.82, 2.24) is 19.6 Å². The Morgan fingerprint density at radius 1 is 1.09 bits per heavy atom. The number of piperazine rings is 1. The van der Waals surface area contributed by atoms with Crippen LogP contribution in [0.15, 0.2) is 54.7 Å². The minimum Gasteiger partial charge on any atom is -0.496 e. The van der Waals surface area contributed by atoms with Crippen LogP contribution in [0.2, 0.25) is 0 Å². The third-order valence-electron chi connectivity index (χ3n) is 6.34. The topological polar surface area (TPSA) is 53.8 Å². The lowest BCUT2D eigenvalue weighted by Gasteiger charge is -2.41. The molecule has 0 spiro atoms. The molecule has 0 amide bonds. The summed E-state index contributed by atoms with van der Waals surface area (Å²) >= 11 is 0. The number of rotatable bonds is 8. The highest BCUT2D eigenvalue weighted by molar-refractivity contribution is 5.62. The fourth-order valence-corrected chi connectivity index (χ4v) is 4.74. The first kappa shape index (κ1) is 22.5. The molecule has 1 aliphatic heterocycles. The van der Waals surface area contributed by atoms with E-state index in [9.17, 15) is 5.11 Å². The predicted molar refractivity (Wildman–Crippen MR) is 128 cm³/mol. The second-order valence-corrected chi connectivity index (χ2v) is 8.72. The van der Waals surface area contributed by atoms with Crippen molar-refractivity contribution in [3.63, 3.8) is 0 Å². The predicted octanol–water partition coefficient (Wildman–Crippen LogP) is 3.47. The van der Waals surface area contributed by atoms with Gasteiger partial charge in [-0.2, -0.15) is 5.10 Å². The zero-order valence-electron chi connectivity index (χ0n) is 19.4. The van der Waals surface area contributed by atoms with Crippen LogP contribution in [0.3, 0.4) is 0 Å². The van der Waals surface area contributed by atoms with E-state index in [1.54, 1.807) is 7.11 Å². The lowest BCUT2D eigenvalue weighted by atomic mass is 10.0. The average Bonchev–Trinajstić information content (AvgIpc) is 3.16. The van der Waals surface area contributed by atoms with Gasteiger partial charge in [0.2, 0.25) is 0 Å². The molecule has 1 saturated heterocycles. The second-order valence-electron chi connectivity index (χ2n) is 8.72. The van der Waals surface area contributed by atoms with Gasteiger partial charge in [-0.1, -0.05) is 42.5 Å². The van der Waals surface area contributed by atoms with Crippen molar-refractivity contribution in [3.8, 4) is 17.0 Å². The number of ether oxygens (including phenoxy) is 1. The standard InChI is InChI=1S/C26H34N4O2/c1-20-15-21(9-10-25(20)32-3)16-30-13-12-29(19-24(30)11-14-31)18-23-17-28(2)27-26(23)22-7-5-4-6-8-22/h4-10,15,17,24,31H,11-14,16,18-19H2,1-3H3. The molecular formula is C26H34N4O2. The lowest BCUT2D eigenvalue weighted by molar-refractivity contribution is 0.0500. The van der Waals surface area contributed by atoms with E-state index in [-0.39, 0.29) is 6.61 Å². The molecule has 0 saturated carbocycles. The van der Waals surface area contributed by atoms with E-state index < -0.39 is 0 Å². The smallest absolute Gasteiger partial charge is 0.121 e. The van der Waals surface area contributed by atoms with Gasteiger partial charge in [-0.25, -0.2) is 0 Å². The van der Waals surface area contributed by atoms with Crippen LogP contribution in [0.1, 0.15) is 23.1 Å². The summed E-state index contributed by atoms with van der Waals surface area (Å²) < 4.78 is 7.31. The summed E-state index contributed by atoms with van der Waals surface area (Å²) in [5, 5.41) is 14.4. The minimum absolute atomic E-state index is 0.207. The Morgan fingerprint density at radius 3 is 2.62 bits per heavy atom. The quantitative estimate of drug-likeness (QED) is 0.588. The van der Waals surface area contributed by atoms with Gasteiger partial charge in [-0.05, 0) is 30.5 Å². The molecule has 1 unspecified atom stereocenters. The summed E-state index contributed by atoms with van der Waals surface area (Å²) in [6.45, 7) is 6.99. The van der Waals surface area contributed by atoms with Crippen LogP contribution in [0.4, 0.5) is 0 Å². The van der Waals surface area contributed by atoms with E-state index in [4.69, 9.17) is 9.84 Å². The van der Waals surface area contributed by atoms with E-state index in [2.05, 4.69) is 65.4 Å². The van der Waals surface area contributed by atoms with Gasteiger partial charge >= 0.3 is 0 Å². The van der Waals surface area contributed by atoms with Gasteiger partial charge in [0.25, 0.3) is 0 Å². The van der Waals surface area contributed by atoms with Crippen molar-refractivity contribution in [1.29, 1.82) is 0 Å². The SMILES string of the molecule is COc1ccc(CN2CCN(Cc3cn(C)nc3-c3ccccc3)CC2CCO)cc1C. The summed E-state index contributed by atoms with van der Waals surface area (Å²) in [5.41, 5.74) is 5.91. The van der Waals surface area contributed by atoms with Gasteiger partial charge in [-0.3, -0.25) is 14.5 Å². The number of hydrogen-bond acceptors (Lipinski definition) is 5. The van der Waals surface area contributed by atoms with Crippen molar-refractivity contribution in [2.24, 2.45) is 7.05 Å². The molecule has 1 N–H and O–H groups in total. The van der Waals surface area contributed by atoms with E-state index >= 15 is 0 Å². The van der Waals surface area contributed by atoms with E-state index in [0.717, 1.165) is 61.7 Å². The van der Waals surface area contributed by atoms with E-state index in [0.29, 0.717) is 6.04 Å². The molecule has 6 heteroatoms. The zero-order valence-corrected chi connectivity index (χ0v) is 19.4. The molecule has 1 fully saturated rings. The number of methoxy groups -OCH3 is 1. The number of hydrogen-bond donors (Lipinski definition) is 1. The van der Waals surface area contributed by atoms with Gasteiger partial charge in [-0.15, -0.1) is 0 Å². The molecule has 2 aromatic carbocycles. The summed E-state index contributed by atoms with van der Waals surface area (Å²) in [7, 11) is 3.70. The summed E-state index contributed by atoms with van der Waals surface area (Å²) in [4.78, 5) is 5.01. The van der Waals surface area contributed by atoms with Crippen LogP contribution in [-0.4, -0.2) is 64.1 Å². The van der Waals surface area contributed by atoms with Gasteiger partial charge in [0.15, 0.2) is 0 Å².